The minimum Gasteiger partial charge on any atom is -0.278 e. The van der Waals surface area contributed by atoms with Crippen LogP contribution in [0.5, 0.6) is 0 Å². The first-order valence-electron chi connectivity index (χ1n) is 7.19. The molecule has 4 heteroatoms. The van der Waals surface area contributed by atoms with Crippen LogP contribution in [0.2, 0.25) is 5.02 Å². The molecule has 0 bridgehead atoms. The Morgan fingerprint density at radius 3 is 2.82 bits per heavy atom. The Bertz CT molecular complexity index is 785. The molecule has 0 radical (unpaired) electrons. The van der Waals surface area contributed by atoms with Crippen LogP contribution in [0.25, 0.3) is 10.9 Å². The van der Waals surface area contributed by atoms with Crippen LogP contribution in [0, 0.1) is 0 Å². The smallest absolute Gasteiger partial charge is 0.0738 e. The van der Waals surface area contributed by atoms with E-state index >= 15 is 0 Å². The molecule has 2 aromatic carbocycles. The Balaban J connectivity index is 1.63. The third-order valence-electron chi connectivity index (χ3n) is 3.39. The van der Waals surface area contributed by atoms with Crippen molar-refractivity contribution in [2.75, 3.05) is 5.43 Å². The van der Waals surface area contributed by atoms with Gasteiger partial charge in [-0.3, -0.25) is 10.4 Å². The summed E-state index contributed by atoms with van der Waals surface area (Å²) >= 11 is 5.98. The van der Waals surface area contributed by atoms with Crippen LogP contribution in [0.1, 0.15) is 12.0 Å². The van der Waals surface area contributed by atoms with Gasteiger partial charge in [0.1, 0.15) is 0 Å². The predicted molar refractivity (Wildman–Crippen MR) is 93.6 cm³/mol. The van der Waals surface area contributed by atoms with Crippen molar-refractivity contribution in [3.8, 4) is 0 Å². The van der Waals surface area contributed by atoms with Crippen molar-refractivity contribution >= 4 is 34.4 Å². The van der Waals surface area contributed by atoms with Gasteiger partial charge in [0.25, 0.3) is 0 Å². The van der Waals surface area contributed by atoms with Gasteiger partial charge >= 0.3 is 0 Å². The van der Waals surface area contributed by atoms with Gasteiger partial charge in [-0.05, 0) is 42.7 Å². The maximum absolute atomic E-state index is 5.98. The first-order valence-corrected chi connectivity index (χ1v) is 7.56. The number of pyridine rings is 1. The van der Waals surface area contributed by atoms with Gasteiger partial charge in [-0.2, -0.15) is 5.10 Å². The molecule has 1 N–H and O–H groups in total. The second kappa shape index (κ2) is 7.05. The van der Waals surface area contributed by atoms with Gasteiger partial charge < -0.3 is 0 Å². The number of benzene rings is 2. The zero-order valence-electron chi connectivity index (χ0n) is 12.0. The summed E-state index contributed by atoms with van der Waals surface area (Å²) in [6.07, 6.45) is 5.53. The lowest BCUT2D eigenvalue weighted by molar-refractivity contribution is 1.05. The molecule has 0 spiro atoms. The largest absolute Gasteiger partial charge is 0.278 e. The van der Waals surface area contributed by atoms with Crippen LogP contribution < -0.4 is 5.43 Å². The molecule has 3 aromatic rings. The Hall–Kier alpha value is -2.39. The summed E-state index contributed by atoms with van der Waals surface area (Å²) in [5.41, 5.74) is 6.18. The molecule has 1 heterocycles. The fourth-order valence-electron chi connectivity index (χ4n) is 2.27. The van der Waals surface area contributed by atoms with Gasteiger partial charge in [0.2, 0.25) is 0 Å². The molecule has 0 atom stereocenters. The van der Waals surface area contributed by atoms with Crippen molar-refractivity contribution in [3.05, 3.63) is 71.4 Å². The third-order valence-corrected chi connectivity index (χ3v) is 3.62. The molecule has 0 saturated heterocycles. The summed E-state index contributed by atoms with van der Waals surface area (Å²) in [6.45, 7) is 0. The van der Waals surface area contributed by atoms with Gasteiger partial charge in [0.15, 0.2) is 0 Å². The van der Waals surface area contributed by atoms with Crippen molar-refractivity contribution in [2.24, 2.45) is 5.10 Å². The number of hydrogen-bond acceptors (Lipinski definition) is 3. The number of fused-ring (bicyclic) bond motifs is 1. The number of aromatic nitrogens is 1. The standard InChI is InChI=1S/C18H16ClN3/c19-15-8-9-16-17(10-12-20-18(16)13-15)22-21-11-4-7-14-5-2-1-3-6-14/h1-3,5-6,8-13H,4,7H2,(H,20,22)/b21-11+. The van der Waals surface area contributed by atoms with E-state index in [2.05, 4.69) is 39.8 Å². The average molecular weight is 310 g/mol. The zero-order chi connectivity index (χ0) is 15.2. The van der Waals surface area contributed by atoms with Gasteiger partial charge in [0, 0.05) is 22.8 Å². The molecule has 0 aliphatic heterocycles. The number of aryl methyl sites for hydroxylation is 1. The number of anilines is 1. The van der Waals surface area contributed by atoms with Gasteiger partial charge in [0.05, 0.1) is 11.2 Å². The SMILES string of the molecule is Clc1ccc2c(N/N=C/CCc3ccccc3)ccnc2c1. The maximum Gasteiger partial charge on any atom is 0.0738 e. The Morgan fingerprint density at radius 1 is 1.09 bits per heavy atom. The van der Waals surface area contributed by atoms with Crippen molar-refractivity contribution in [2.45, 2.75) is 12.8 Å². The van der Waals surface area contributed by atoms with Crippen molar-refractivity contribution in [3.63, 3.8) is 0 Å². The van der Waals surface area contributed by atoms with E-state index in [-0.39, 0.29) is 0 Å². The van der Waals surface area contributed by atoms with Gasteiger partial charge in [-0.1, -0.05) is 41.9 Å². The molecule has 22 heavy (non-hydrogen) atoms. The highest BCUT2D eigenvalue weighted by Crippen LogP contribution is 2.24. The summed E-state index contributed by atoms with van der Waals surface area (Å²) in [4.78, 5) is 4.31. The summed E-state index contributed by atoms with van der Waals surface area (Å²) in [6, 6.07) is 18.0. The Morgan fingerprint density at radius 2 is 1.95 bits per heavy atom. The first-order chi connectivity index (χ1) is 10.8. The van der Waals surface area contributed by atoms with Crippen LogP contribution in [-0.2, 0) is 6.42 Å². The predicted octanol–water partition coefficient (Wildman–Crippen LogP) is 4.92. The summed E-state index contributed by atoms with van der Waals surface area (Å²) < 4.78 is 0. The number of halogens is 1. The van der Waals surface area contributed by atoms with E-state index in [0.29, 0.717) is 5.02 Å². The number of nitrogens with zero attached hydrogens (tertiary/aromatic N) is 2. The zero-order valence-corrected chi connectivity index (χ0v) is 12.8. The number of hydrazone groups is 1. The lowest BCUT2D eigenvalue weighted by Crippen LogP contribution is -1.93. The summed E-state index contributed by atoms with van der Waals surface area (Å²) in [5, 5.41) is 5.98. The monoisotopic (exact) mass is 309 g/mol. The maximum atomic E-state index is 5.98. The normalized spacial score (nSPS) is 11.1. The highest BCUT2D eigenvalue weighted by molar-refractivity contribution is 6.31. The van der Waals surface area contributed by atoms with Gasteiger partial charge in [-0.15, -0.1) is 0 Å². The minimum absolute atomic E-state index is 0.684. The molecule has 0 aliphatic rings. The van der Waals surface area contributed by atoms with Crippen molar-refractivity contribution < 1.29 is 0 Å². The van der Waals surface area contributed by atoms with Crippen LogP contribution in [0.4, 0.5) is 5.69 Å². The van der Waals surface area contributed by atoms with Crippen LogP contribution in [-0.4, -0.2) is 11.2 Å². The van der Waals surface area contributed by atoms with Crippen molar-refractivity contribution in [1.29, 1.82) is 0 Å². The molecule has 0 saturated carbocycles. The van der Waals surface area contributed by atoms with E-state index in [1.54, 1.807) is 6.20 Å². The van der Waals surface area contributed by atoms with E-state index in [0.717, 1.165) is 29.4 Å². The number of nitrogens with one attached hydrogen (secondary N) is 1. The second-order valence-corrected chi connectivity index (χ2v) is 5.40. The van der Waals surface area contributed by atoms with Crippen LogP contribution >= 0.6 is 11.6 Å². The quantitative estimate of drug-likeness (QED) is 0.536. The molecule has 3 rings (SSSR count). The highest BCUT2D eigenvalue weighted by Gasteiger charge is 2.01. The third kappa shape index (κ3) is 3.62. The molecule has 0 amide bonds. The summed E-state index contributed by atoms with van der Waals surface area (Å²) in [7, 11) is 0. The van der Waals surface area contributed by atoms with E-state index in [1.165, 1.54) is 5.56 Å². The molecular formula is C18H16ClN3. The average Bonchev–Trinajstić information content (AvgIpc) is 2.55. The highest BCUT2D eigenvalue weighted by atomic mass is 35.5. The van der Waals surface area contributed by atoms with Crippen LogP contribution in [0.3, 0.4) is 0 Å². The number of rotatable bonds is 5. The topological polar surface area (TPSA) is 37.3 Å². The fraction of sp³-hybridized carbons (Fsp3) is 0.111. The molecule has 1 aromatic heterocycles. The molecule has 0 fully saturated rings. The Kier molecular flexibility index (Phi) is 4.66. The van der Waals surface area contributed by atoms with E-state index in [1.807, 2.05) is 36.5 Å². The van der Waals surface area contributed by atoms with Crippen molar-refractivity contribution in [1.82, 2.24) is 4.98 Å². The van der Waals surface area contributed by atoms with E-state index in [4.69, 9.17) is 11.6 Å². The molecule has 110 valence electrons. The van der Waals surface area contributed by atoms with E-state index < -0.39 is 0 Å². The van der Waals surface area contributed by atoms with Gasteiger partial charge in [-0.25, -0.2) is 0 Å². The molecule has 0 unspecified atom stereocenters. The van der Waals surface area contributed by atoms with Crippen LogP contribution in [0.15, 0.2) is 65.9 Å². The molecule has 0 aliphatic carbocycles. The lowest BCUT2D eigenvalue weighted by atomic mass is 10.1. The molecular weight excluding hydrogens is 294 g/mol. The number of hydrogen-bond donors (Lipinski definition) is 1. The minimum atomic E-state index is 0.684. The lowest BCUT2D eigenvalue weighted by Gasteiger charge is -2.05. The second-order valence-electron chi connectivity index (χ2n) is 4.97. The fourth-order valence-corrected chi connectivity index (χ4v) is 2.44. The Labute approximate surface area is 134 Å². The summed E-state index contributed by atoms with van der Waals surface area (Å²) in [5.74, 6) is 0. The first kappa shape index (κ1) is 14.5. The molecule has 3 nitrogen and oxygen atoms in total. The van der Waals surface area contributed by atoms with E-state index in [9.17, 15) is 0 Å².